The lowest BCUT2D eigenvalue weighted by atomic mass is 10.1. The van der Waals surface area contributed by atoms with Crippen molar-refractivity contribution in [2.75, 3.05) is 5.32 Å². The summed E-state index contributed by atoms with van der Waals surface area (Å²) in [5.74, 6) is -0.0454. The molecule has 0 saturated heterocycles. The predicted octanol–water partition coefficient (Wildman–Crippen LogP) is 3.29. The minimum Gasteiger partial charge on any atom is -0.316 e. The van der Waals surface area contributed by atoms with E-state index in [0.29, 0.717) is 11.4 Å². The van der Waals surface area contributed by atoms with E-state index in [9.17, 15) is 4.79 Å². The third kappa shape index (κ3) is 3.54. The Morgan fingerprint density at radius 1 is 1.41 bits per heavy atom. The molecule has 3 nitrogen and oxygen atoms in total. The van der Waals surface area contributed by atoms with Gasteiger partial charge in [0.2, 0.25) is 5.91 Å². The normalized spacial score (nSPS) is 10.2. The predicted molar refractivity (Wildman–Crippen MR) is 70.6 cm³/mol. The number of amides is 1. The highest BCUT2D eigenvalue weighted by Crippen LogP contribution is 2.16. The van der Waals surface area contributed by atoms with Crippen LogP contribution < -0.4 is 5.32 Å². The van der Waals surface area contributed by atoms with Crippen LogP contribution in [-0.4, -0.2) is 10.3 Å². The maximum atomic E-state index is 11.7. The van der Waals surface area contributed by atoms with Gasteiger partial charge in [-0.25, -0.2) is 0 Å². The number of benzene rings is 1. The number of aromatic nitrogens is 1. The summed E-state index contributed by atoms with van der Waals surface area (Å²) in [6.45, 7) is 1.89. The molecule has 5 heteroatoms. The van der Waals surface area contributed by atoms with Crippen LogP contribution in [0.4, 0.5) is 5.00 Å². The molecule has 1 aromatic carbocycles. The zero-order valence-corrected chi connectivity index (χ0v) is 10.8. The van der Waals surface area contributed by atoms with Crippen LogP contribution in [-0.2, 0) is 11.2 Å². The fourth-order valence-electron chi connectivity index (χ4n) is 1.39. The molecule has 0 atom stereocenters. The number of hydrogen-bond acceptors (Lipinski definition) is 3. The average molecular weight is 267 g/mol. The molecule has 2 aromatic rings. The first-order valence-corrected chi connectivity index (χ1v) is 6.26. The molecule has 1 amide bonds. The molecule has 1 aromatic heterocycles. The van der Waals surface area contributed by atoms with Crippen LogP contribution >= 0.6 is 23.1 Å². The number of carbonyl (C=O) groups excluding carboxylic acids is 1. The molecular weight excluding hydrogens is 256 g/mol. The summed E-state index contributed by atoms with van der Waals surface area (Å²) in [7, 11) is 0. The van der Waals surface area contributed by atoms with E-state index >= 15 is 0 Å². The first-order chi connectivity index (χ1) is 8.13. The summed E-state index contributed by atoms with van der Waals surface area (Å²) in [6, 6.07) is 9.10. The van der Waals surface area contributed by atoms with Gasteiger partial charge in [-0.05, 0) is 42.2 Å². The van der Waals surface area contributed by atoms with E-state index < -0.39 is 0 Å². The standard InChI is InChI=1S/C12H11ClN2OS/c1-8-6-12(17-15-8)14-11(16)7-9-2-4-10(13)5-3-9/h2-6H,7H2,1H3,(H,14,16). The van der Waals surface area contributed by atoms with Crippen molar-refractivity contribution >= 4 is 34.0 Å². The first-order valence-electron chi connectivity index (χ1n) is 5.11. The molecule has 0 spiro atoms. The highest BCUT2D eigenvalue weighted by atomic mass is 35.5. The quantitative estimate of drug-likeness (QED) is 0.926. The smallest absolute Gasteiger partial charge is 0.229 e. The number of aryl methyl sites for hydroxylation is 1. The van der Waals surface area contributed by atoms with Crippen molar-refractivity contribution in [2.45, 2.75) is 13.3 Å². The van der Waals surface area contributed by atoms with E-state index in [4.69, 9.17) is 11.6 Å². The molecule has 0 unspecified atom stereocenters. The number of hydrogen-bond donors (Lipinski definition) is 1. The van der Waals surface area contributed by atoms with E-state index in [1.54, 1.807) is 12.1 Å². The van der Waals surface area contributed by atoms with E-state index in [-0.39, 0.29) is 5.91 Å². The number of nitrogens with zero attached hydrogens (tertiary/aromatic N) is 1. The molecule has 1 N–H and O–H groups in total. The topological polar surface area (TPSA) is 42.0 Å². The summed E-state index contributed by atoms with van der Waals surface area (Å²) in [6.07, 6.45) is 0.341. The minimum atomic E-state index is -0.0454. The number of rotatable bonds is 3. The Balaban J connectivity index is 1.95. The highest BCUT2D eigenvalue weighted by molar-refractivity contribution is 7.10. The van der Waals surface area contributed by atoms with Gasteiger partial charge in [-0.2, -0.15) is 4.37 Å². The van der Waals surface area contributed by atoms with E-state index in [1.165, 1.54) is 11.5 Å². The molecule has 0 aliphatic carbocycles. The van der Waals surface area contributed by atoms with Crippen molar-refractivity contribution in [1.82, 2.24) is 4.37 Å². The van der Waals surface area contributed by atoms with Crippen LogP contribution in [0.2, 0.25) is 5.02 Å². The number of anilines is 1. The molecule has 0 radical (unpaired) electrons. The molecule has 0 fully saturated rings. The minimum absolute atomic E-state index is 0.0454. The second kappa shape index (κ2) is 5.29. The second-order valence-electron chi connectivity index (χ2n) is 3.68. The van der Waals surface area contributed by atoms with Crippen molar-refractivity contribution < 1.29 is 4.79 Å². The van der Waals surface area contributed by atoms with Gasteiger partial charge in [0.05, 0.1) is 12.1 Å². The molecule has 1 heterocycles. The highest BCUT2D eigenvalue weighted by Gasteiger charge is 2.06. The van der Waals surface area contributed by atoms with Crippen LogP contribution in [0.1, 0.15) is 11.3 Å². The Morgan fingerprint density at radius 3 is 2.71 bits per heavy atom. The summed E-state index contributed by atoms with van der Waals surface area (Å²) >= 11 is 7.06. The third-order valence-corrected chi connectivity index (χ3v) is 3.22. The van der Waals surface area contributed by atoms with Crippen molar-refractivity contribution in [2.24, 2.45) is 0 Å². The molecule has 0 aliphatic heterocycles. The van der Waals surface area contributed by atoms with Crippen LogP contribution in [0.3, 0.4) is 0 Å². The Morgan fingerprint density at radius 2 is 2.12 bits per heavy atom. The van der Waals surface area contributed by atoms with Gasteiger partial charge < -0.3 is 5.32 Å². The van der Waals surface area contributed by atoms with Gasteiger partial charge in [-0.1, -0.05) is 23.7 Å². The molecule has 17 heavy (non-hydrogen) atoms. The lowest BCUT2D eigenvalue weighted by Crippen LogP contribution is -2.13. The molecule has 2 rings (SSSR count). The average Bonchev–Trinajstić information content (AvgIpc) is 2.67. The van der Waals surface area contributed by atoms with Crippen molar-refractivity contribution in [3.8, 4) is 0 Å². The lowest BCUT2D eigenvalue weighted by Gasteiger charge is -2.02. The Labute approximate surface area is 109 Å². The number of carbonyl (C=O) groups is 1. The molecular formula is C12H11ClN2OS. The SMILES string of the molecule is Cc1cc(NC(=O)Cc2ccc(Cl)cc2)sn1. The Hall–Kier alpha value is -1.39. The molecule has 88 valence electrons. The van der Waals surface area contributed by atoms with E-state index in [0.717, 1.165) is 16.3 Å². The Bertz CT molecular complexity index is 522. The van der Waals surface area contributed by atoms with Crippen LogP contribution in [0.5, 0.6) is 0 Å². The maximum absolute atomic E-state index is 11.7. The van der Waals surface area contributed by atoms with E-state index in [1.807, 2.05) is 25.1 Å². The number of halogens is 1. The van der Waals surface area contributed by atoms with Gasteiger partial charge >= 0.3 is 0 Å². The van der Waals surface area contributed by atoms with Gasteiger partial charge in [-0.15, -0.1) is 0 Å². The van der Waals surface area contributed by atoms with Gasteiger partial charge in [0, 0.05) is 5.02 Å². The summed E-state index contributed by atoms with van der Waals surface area (Å²) in [4.78, 5) is 11.7. The van der Waals surface area contributed by atoms with E-state index in [2.05, 4.69) is 9.69 Å². The lowest BCUT2D eigenvalue weighted by molar-refractivity contribution is -0.115. The van der Waals surface area contributed by atoms with Crippen LogP contribution in [0, 0.1) is 6.92 Å². The monoisotopic (exact) mass is 266 g/mol. The first kappa shape index (κ1) is 12.1. The third-order valence-electron chi connectivity index (χ3n) is 2.17. The second-order valence-corrected chi connectivity index (χ2v) is 4.93. The Kier molecular flexibility index (Phi) is 3.76. The van der Waals surface area contributed by atoms with Gasteiger partial charge in [0.1, 0.15) is 5.00 Å². The fraction of sp³-hybridized carbons (Fsp3) is 0.167. The largest absolute Gasteiger partial charge is 0.316 e. The van der Waals surface area contributed by atoms with Gasteiger partial charge in [-0.3, -0.25) is 4.79 Å². The van der Waals surface area contributed by atoms with Crippen molar-refractivity contribution in [3.63, 3.8) is 0 Å². The molecule has 0 aliphatic rings. The van der Waals surface area contributed by atoms with Gasteiger partial charge in [0.15, 0.2) is 0 Å². The zero-order valence-electron chi connectivity index (χ0n) is 9.24. The van der Waals surface area contributed by atoms with Gasteiger partial charge in [0.25, 0.3) is 0 Å². The van der Waals surface area contributed by atoms with Crippen molar-refractivity contribution in [1.29, 1.82) is 0 Å². The fourth-order valence-corrected chi connectivity index (χ4v) is 2.20. The molecule has 0 bridgehead atoms. The number of nitrogens with one attached hydrogen (secondary N) is 1. The van der Waals surface area contributed by atoms with Crippen molar-refractivity contribution in [3.05, 3.63) is 46.6 Å². The summed E-state index contributed by atoms with van der Waals surface area (Å²) in [5, 5.41) is 4.26. The zero-order chi connectivity index (χ0) is 12.3. The van der Waals surface area contributed by atoms with Crippen LogP contribution in [0.25, 0.3) is 0 Å². The maximum Gasteiger partial charge on any atom is 0.229 e. The molecule has 0 saturated carbocycles. The summed E-state index contributed by atoms with van der Waals surface area (Å²) in [5.41, 5.74) is 1.85. The van der Waals surface area contributed by atoms with Crippen LogP contribution in [0.15, 0.2) is 30.3 Å². The summed E-state index contributed by atoms with van der Waals surface area (Å²) < 4.78 is 4.10.